The molecule has 8 heavy (non-hydrogen) atoms. The fourth-order valence-electron chi connectivity index (χ4n) is 0.336. The quantitative estimate of drug-likeness (QED) is 0.444. The molecule has 0 atom stereocenters. The van der Waals surface area contributed by atoms with Crippen molar-refractivity contribution in [2.75, 3.05) is 0 Å². The molecule has 0 radical (unpaired) electrons. The summed E-state index contributed by atoms with van der Waals surface area (Å²) in [5.74, 6) is 0. The minimum absolute atomic E-state index is 0.985. The van der Waals surface area contributed by atoms with Crippen molar-refractivity contribution < 1.29 is 0 Å². The van der Waals surface area contributed by atoms with Crippen LogP contribution in [0.5, 0.6) is 0 Å². The Bertz CT molecular complexity index is 194. The van der Waals surface area contributed by atoms with Crippen LogP contribution in [0.3, 0.4) is 0 Å². The molecule has 3 nitrogen and oxygen atoms in total. The van der Waals surface area contributed by atoms with E-state index in [1.165, 1.54) is 0 Å². The van der Waals surface area contributed by atoms with Crippen LogP contribution in [-0.4, -0.2) is 12.2 Å². The monoisotopic (exact) mass is 107 g/mol. The van der Waals surface area contributed by atoms with E-state index >= 15 is 0 Å². The van der Waals surface area contributed by atoms with Gasteiger partial charge in [0.05, 0.1) is 6.21 Å². The van der Waals surface area contributed by atoms with Crippen LogP contribution in [0, 0.1) is 0 Å². The Morgan fingerprint density at radius 1 is 1.62 bits per heavy atom. The molecule has 40 valence electrons. The van der Waals surface area contributed by atoms with Gasteiger partial charge >= 0.3 is 0 Å². The van der Waals surface area contributed by atoms with Gasteiger partial charge in [-0.25, -0.2) is 0 Å². The first-order chi connectivity index (χ1) is 3.89. The van der Waals surface area contributed by atoms with Crippen LogP contribution in [0.2, 0.25) is 0 Å². The summed E-state index contributed by atoms with van der Waals surface area (Å²) in [6.45, 7) is 1.90. The highest BCUT2D eigenvalue weighted by Crippen LogP contribution is 1.89. The van der Waals surface area contributed by atoms with Crippen molar-refractivity contribution in [1.82, 2.24) is 0 Å². The van der Waals surface area contributed by atoms with E-state index in [0.717, 1.165) is 5.57 Å². The number of hydrogen-bond donors (Lipinski definition) is 0. The standard InChI is InChI=1S/C5H5N3/c1-5-2-6-4-8-7-3-5/h2-3H,1H3. The minimum Gasteiger partial charge on any atom is -0.194 e. The minimum atomic E-state index is 0.985. The van der Waals surface area contributed by atoms with Gasteiger partial charge in [-0.05, 0) is 12.5 Å². The Morgan fingerprint density at radius 2 is 2.50 bits per heavy atom. The lowest BCUT2D eigenvalue weighted by atomic mass is 10.4. The Morgan fingerprint density at radius 3 is 3.38 bits per heavy atom. The summed E-state index contributed by atoms with van der Waals surface area (Å²) >= 11 is 0. The summed E-state index contributed by atoms with van der Waals surface area (Å²) in [5.41, 5.74) is 0.985. The first kappa shape index (κ1) is 4.94. The molecule has 1 heterocycles. The molecule has 1 aliphatic rings. The van der Waals surface area contributed by atoms with E-state index in [1.54, 1.807) is 12.4 Å². The van der Waals surface area contributed by atoms with E-state index in [4.69, 9.17) is 0 Å². The number of nitrogens with zero attached hydrogens (tertiary/aromatic N) is 3. The predicted molar refractivity (Wildman–Crippen MR) is 32.1 cm³/mol. The van der Waals surface area contributed by atoms with E-state index < -0.39 is 0 Å². The maximum atomic E-state index is 3.65. The molecule has 3 heteroatoms. The lowest BCUT2D eigenvalue weighted by molar-refractivity contribution is 1.27. The average Bonchev–Trinajstić information content (AvgIpc) is 1.94. The Hall–Kier alpha value is -1.21. The van der Waals surface area contributed by atoms with Crippen molar-refractivity contribution in [3.63, 3.8) is 0 Å². The molecule has 0 fully saturated rings. The van der Waals surface area contributed by atoms with Crippen LogP contribution in [-0.2, 0) is 0 Å². The predicted octanol–water partition coefficient (Wildman–Crippen LogP) is 1.06. The molecule has 1 rings (SSSR count). The highest BCUT2D eigenvalue weighted by molar-refractivity contribution is 5.78. The number of hydrogen-bond acceptors (Lipinski definition) is 3. The van der Waals surface area contributed by atoms with Gasteiger partial charge in [-0.3, -0.25) is 0 Å². The second-order valence-electron chi connectivity index (χ2n) is 1.45. The third-order valence-electron chi connectivity index (χ3n) is 0.690. The molecule has 0 unspecified atom stereocenters. The zero-order valence-corrected chi connectivity index (χ0v) is 4.50. The topological polar surface area (TPSA) is 37.1 Å². The molecule has 1 aliphatic heterocycles. The number of allylic oxidation sites excluding steroid dienone is 1. The van der Waals surface area contributed by atoms with Gasteiger partial charge in [0.2, 0.25) is 0 Å². The van der Waals surface area contributed by atoms with Crippen LogP contribution in [0.1, 0.15) is 6.92 Å². The SMILES string of the molecule is CC1=CN=C=NN=C1. The van der Waals surface area contributed by atoms with Gasteiger partial charge < -0.3 is 0 Å². The van der Waals surface area contributed by atoms with Gasteiger partial charge in [-0.2, -0.15) is 4.99 Å². The maximum Gasteiger partial charge on any atom is 0.122 e. The van der Waals surface area contributed by atoms with Crippen molar-refractivity contribution in [3.05, 3.63) is 11.8 Å². The fourth-order valence-corrected chi connectivity index (χ4v) is 0.336. The van der Waals surface area contributed by atoms with Crippen LogP contribution in [0.4, 0.5) is 0 Å². The molecule has 0 aliphatic carbocycles. The van der Waals surface area contributed by atoms with E-state index in [9.17, 15) is 0 Å². The van der Waals surface area contributed by atoms with Crippen LogP contribution >= 0.6 is 0 Å². The van der Waals surface area contributed by atoms with Crippen LogP contribution < -0.4 is 0 Å². The summed E-state index contributed by atoms with van der Waals surface area (Å²) in [6.07, 6.45) is 3.28. The second kappa shape index (κ2) is 2.19. The second-order valence-corrected chi connectivity index (χ2v) is 1.45. The van der Waals surface area contributed by atoms with Gasteiger partial charge in [0.15, 0.2) is 0 Å². The van der Waals surface area contributed by atoms with Gasteiger partial charge in [-0.1, -0.05) is 5.10 Å². The van der Waals surface area contributed by atoms with Crippen molar-refractivity contribution in [2.24, 2.45) is 15.2 Å². The highest BCUT2D eigenvalue weighted by Gasteiger charge is 1.79. The summed E-state index contributed by atoms with van der Waals surface area (Å²) in [5, 5.41) is 7.00. The van der Waals surface area contributed by atoms with E-state index in [-0.39, 0.29) is 0 Å². The molecule has 0 aromatic carbocycles. The summed E-state index contributed by atoms with van der Waals surface area (Å²) in [4.78, 5) is 3.65. The molecule has 0 amide bonds. The van der Waals surface area contributed by atoms with Crippen LogP contribution in [0.25, 0.3) is 0 Å². The number of rotatable bonds is 0. The first-order valence-corrected chi connectivity index (χ1v) is 2.24. The first-order valence-electron chi connectivity index (χ1n) is 2.24. The third kappa shape index (κ3) is 1.13. The molecular formula is C5H5N3. The van der Waals surface area contributed by atoms with Gasteiger partial charge in [0.1, 0.15) is 6.01 Å². The number of aliphatic imine (C=N–C) groups is 1. The zero-order valence-electron chi connectivity index (χ0n) is 4.50. The lowest BCUT2D eigenvalue weighted by Gasteiger charge is -1.77. The lowest BCUT2D eigenvalue weighted by Crippen LogP contribution is -1.70. The normalized spacial score (nSPS) is 15.9. The molecule has 0 spiro atoms. The summed E-state index contributed by atoms with van der Waals surface area (Å²) in [6, 6.07) is 2.35. The van der Waals surface area contributed by atoms with Gasteiger partial charge in [-0.15, -0.1) is 5.10 Å². The van der Waals surface area contributed by atoms with Crippen molar-refractivity contribution >= 4 is 12.2 Å². The van der Waals surface area contributed by atoms with Crippen molar-refractivity contribution in [2.45, 2.75) is 6.92 Å². The Balaban J connectivity index is 2.90. The van der Waals surface area contributed by atoms with Gasteiger partial charge in [0, 0.05) is 6.20 Å². The molecule has 0 aromatic rings. The third-order valence-corrected chi connectivity index (χ3v) is 0.690. The van der Waals surface area contributed by atoms with Crippen molar-refractivity contribution in [1.29, 1.82) is 0 Å². The fraction of sp³-hybridized carbons (Fsp3) is 0.200. The maximum absolute atomic E-state index is 3.65. The molecule has 0 aromatic heterocycles. The molecule has 0 saturated heterocycles. The zero-order chi connectivity index (χ0) is 5.82. The molecule has 0 saturated carbocycles. The van der Waals surface area contributed by atoms with E-state index in [1.807, 2.05) is 6.92 Å². The Kier molecular flexibility index (Phi) is 1.35. The van der Waals surface area contributed by atoms with Crippen LogP contribution in [0.15, 0.2) is 27.0 Å². The highest BCUT2D eigenvalue weighted by atomic mass is 15.2. The molecule has 0 N–H and O–H groups in total. The average molecular weight is 107 g/mol. The molecular weight excluding hydrogens is 102 g/mol. The molecule has 0 bridgehead atoms. The Labute approximate surface area is 47.2 Å². The van der Waals surface area contributed by atoms with E-state index in [2.05, 4.69) is 21.2 Å². The smallest absolute Gasteiger partial charge is 0.122 e. The van der Waals surface area contributed by atoms with E-state index in [0.29, 0.717) is 0 Å². The van der Waals surface area contributed by atoms with Crippen molar-refractivity contribution in [3.8, 4) is 0 Å². The largest absolute Gasteiger partial charge is 0.194 e. The summed E-state index contributed by atoms with van der Waals surface area (Å²) < 4.78 is 0. The summed E-state index contributed by atoms with van der Waals surface area (Å²) in [7, 11) is 0. The van der Waals surface area contributed by atoms with Gasteiger partial charge in [0.25, 0.3) is 0 Å².